The van der Waals surface area contributed by atoms with E-state index in [0.717, 1.165) is 0 Å². The Morgan fingerprint density at radius 2 is 0.500 bits per heavy atom. The number of rotatable bonds is 0. The van der Waals surface area contributed by atoms with Crippen LogP contribution in [0.25, 0.3) is 0 Å². The largest absolute Gasteiger partial charge is 4.00 e. The maximum atomic E-state index is 0. The third-order valence-corrected chi connectivity index (χ3v) is 0. The van der Waals surface area contributed by atoms with Gasteiger partial charge in [-0.1, -0.05) is 0 Å². The average molecular weight is 513 g/mol. The minimum atomic E-state index is 0. The normalized spacial score (nSPS) is 0. The van der Waals surface area contributed by atoms with Gasteiger partial charge in [0.05, 0.1) is 0 Å². The standard InChI is InChI=1S/Cu.Ge.6S.Sn.Zn/q+2;+4;6*-2;+4;+2. The molecule has 0 unspecified atom stereocenters. The van der Waals surface area contributed by atoms with Gasteiger partial charge in [-0.05, 0) is 0 Å². The minimum absolute atomic E-state index is 0. The summed E-state index contributed by atoms with van der Waals surface area (Å²) < 4.78 is 0. The van der Waals surface area contributed by atoms with Gasteiger partial charge in [-0.3, -0.25) is 0 Å². The van der Waals surface area contributed by atoms with E-state index in [1.807, 2.05) is 0 Å². The maximum Gasteiger partial charge on any atom is 4.00 e. The molecule has 0 aromatic heterocycles. The first-order valence-corrected chi connectivity index (χ1v) is 0. The van der Waals surface area contributed by atoms with Crippen LogP contribution >= 0.6 is 0 Å². The smallest absolute Gasteiger partial charge is 2.00 e. The Hall–Kier alpha value is 4.58. The summed E-state index contributed by atoms with van der Waals surface area (Å²) in [4.78, 5) is 0. The molecule has 0 amide bonds. The van der Waals surface area contributed by atoms with Crippen molar-refractivity contribution in [2.45, 2.75) is 0 Å². The van der Waals surface area contributed by atoms with Gasteiger partial charge in [0.15, 0.2) is 0 Å². The third kappa shape index (κ3) is 80.4. The zero-order valence-electron chi connectivity index (χ0n) is 4.46. The molecule has 57 valence electrons. The second kappa shape index (κ2) is 102. The molecule has 10 heavy (non-hydrogen) atoms. The molecule has 0 heterocycles. The quantitative estimate of drug-likeness (QED) is 0.374. The fourth-order valence-electron chi connectivity index (χ4n) is 0. The Labute approximate surface area is 156 Å². The topological polar surface area (TPSA) is 0 Å². The summed E-state index contributed by atoms with van der Waals surface area (Å²) in [7, 11) is 0. The van der Waals surface area contributed by atoms with E-state index in [0.29, 0.717) is 0 Å². The van der Waals surface area contributed by atoms with Crippen molar-refractivity contribution >= 4 is 122 Å². The summed E-state index contributed by atoms with van der Waals surface area (Å²) in [6, 6.07) is 0. The molecule has 0 rings (SSSR count). The molecule has 0 fully saturated rings. The maximum absolute atomic E-state index is 0. The van der Waals surface area contributed by atoms with Crippen molar-refractivity contribution in [2.24, 2.45) is 0 Å². The first-order chi connectivity index (χ1) is 0. The van der Waals surface area contributed by atoms with E-state index in [-0.39, 0.29) is 159 Å². The summed E-state index contributed by atoms with van der Waals surface area (Å²) in [6.07, 6.45) is 0. The first kappa shape index (κ1) is 128. The van der Waals surface area contributed by atoms with Gasteiger partial charge >= 0.3 is 78.1 Å². The van der Waals surface area contributed by atoms with Crippen LogP contribution in [0.1, 0.15) is 0 Å². The van der Waals surface area contributed by atoms with Crippen molar-refractivity contribution in [1.82, 2.24) is 0 Å². The van der Waals surface area contributed by atoms with Crippen LogP contribution in [-0.4, -0.2) is 41.5 Å². The fourth-order valence-corrected chi connectivity index (χ4v) is 0. The molecular formula is CuGeS6SnZn. The van der Waals surface area contributed by atoms with Crippen LogP contribution < -0.4 is 0 Å². The molecule has 0 saturated heterocycles. The molecule has 0 aromatic carbocycles. The molecule has 0 aliphatic heterocycles. The molecular weight excluding hydrogens is 513 g/mol. The number of hydrogen-bond acceptors (Lipinski definition) is 0. The van der Waals surface area contributed by atoms with E-state index in [4.69, 9.17) is 0 Å². The monoisotopic (exact) mass is 513 g/mol. The van der Waals surface area contributed by atoms with Crippen LogP contribution in [0, 0.1) is 0 Å². The van der Waals surface area contributed by atoms with Gasteiger partial charge in [0.2, 0.25) is 0 Å². The molecule has 0 aromatic rings. The molecule has 0 aliphatic rings. The molecule has 1 radical (unpaired) electrons. The zero-order chi connectivity index (χ0) is 0. The summed E-state index contributed by atoms with van der Waals surface area (Å²) in [5.41, 5.74) is 0. The van der Waals surface area contributed by atoms with E-state index >= 15 is 0 Å². The average Bonchev–Trinajstić information content (AvgIpc) is 0. The van der Waals surface area contributed by atoms with Crippen molar-refractivity contribution in [3.8, 4) is 0 Å². The fraction of sp³-hybridized carbons (Fsp3) is 0. The Kier molecular flexibility index (Phi) is 1310. The Morgan fingerprint density at radius 1 is 0.500 bits per heavy atom. The van der Waals surface area contributed by atoms with Crippen molar-refractivity contribution in [2.75, 3.05) is 0 Å². The van der Waals surface area contributed by atoms with Crippen LogP contribution in [0.15, 0.2) is 0 Å². The van der Waals surface area contributed by atoms with Crippen LogP contribution in [-0.2, 0) is 118 Å². The predicted molar refractivity (Wildman–Crippen MR) is 55.7 cm³/mol. The van der Waals surface area contributed by atoms with Crippen molar-refractivity contribution in [3.63, 3.8) is 0 Å². The van der Waals surface area contributed by atoms with Gasteiger partial charge < -0.3 is 81.0 Å². The van der Waals surface area contributed by atoms with Gasteiger partial charge in [0.25, 0.3) is 0 Å². The summed E-state index contributed by atoms with van der Waals surface area (Å²) in [5.74, 6) is 0. The first-order valence-electron chi connectivity index (χ1n) is 0. The molecule has 0 nitrogen and oxygen atoms in total. The van der Waals surface area contributed by atoms with Gasteiger partial charge in [-0.25, -0.2) is 0 Å². The third-order valence-electron chi connectivity index (χ3n) is 0. The van der Waals surface area contributed by atoms with Crippen molar-refractivity contribution in [3.05, 3.63) is 0 Å². The zero-order valence-corrected chi connectivity index (χ0v) is 18.2. The number of hydrogen-bond donors (Lipinski definition) is 0. The van der Waals surface area contributed by atoms with Gasteiger partial charge in [0.1, 0.15) is 0 Å². The summed E-state index contributed by atoms with van der Waals surface area (Å²) in [6.45, 7) is 0. The van der Waals surface area contributed by atoms with E-state index in [2.05, 4.69) is 0 Å². The molecule has 0 spiro atoms. The van der Waals surface area contributed by atoms with Crippen LogP contribution in [0.5, 0.6) is 0 Å². The van der Waals surface area contributed by atoms with E-state index in [1.54, 1.807) is 0 Å². The Bertz CT molecular complexity index is 17.7. The predicted octanol–water partition coefficient (Wildman–Crippen LogP) is -0.781. The second-order valence-electron chi connectivity index (χ2n) is 0. The molecule has 0 atom stereocenters. The molecule has 10 heteroatoms. The summed E-state index contributed by atoms with van der Waals surface area (Å²) in [5, 5.41) is 0. The van der Waals surface area contributed by atoms with Crippen LogP contribution in [0.2, 0.25) is 0 Å². The van der Waals surface area contributed by atoms with Crippen molar-refractivity contribution < 1.29 is 36.5 Å². The molecule has 0 saturated carbocycles. The van der Waals surface area contributed by atoms with E-state index < -0.39 is 0 Å². The summed E-state index contributed by atoms with van der Waals surface area (Å²) >= 11 is 0. The molecule has 0 N–H and O–H groups in total. The molecule has 0 aliphatic carbocycles. The van der Waals surface area contributed by atoms with Gasteiger partial charge in [-0.2, -0.15) is 0 Å². The Morgan fingerprint density at radius 3 is 0.500 bits per heavy atom. The second-order valence-corrected chi connectivity index (χ2v) is 0. The minimum Gasteiger partial charge on any atom is -2.00 e. The Balaban J connectivity index is 0. The van der Waals surface area contributed by atoms with Crippen molar-refractivity contribution in [1.29, 1.82) is 0 Å². The van der Waals surface area contributed by atoms with Gasteiger partial charge in [-0.15, -0.1) is 0 Å². The van der Waals surface area contributed by atoms with Crippen LogP contribution in [0.3, 0.4) is 0 Å². The van der Waals surface area contributed by atoms with E-state index in [9.17, 15) is 0 Å². The SMILES string of the molecule is [Cu+2].[Ge+4].[S-2].[S-2].[S-2].[S-2].[S-2].[S-2].[Sn+4].[Zn+2]. The van der Waals surface area contributed by atoms with Crippen LogP contribution in [0.4, 0.5) is 0 Å². The van der Waals surface area contributed by atoms with Gasteiger partial charge in [0, 0.05) is 0 Å². The van der Waals surface area contributed by atoms with E-state index in [1.165, 1.54) is 0 Å². The molecule has 0 bridgehead atoms.